The van der Waals surface area contributed by atoms with E-state index in [0.717, 1.165) is 22.5 Å². The van der Waals surface area contributed by atoms with Crippen LogP contribution in [0.25, 0.3) is 22.4 Å². The van der Waals surface area contributed by atoms with E-state index in [2.05, 4.69) is 4.98 Å². The molecule has 0 radical (unpaired) electrons. The average Bonchev–Trinajstić information content (AvgIpc) is 3.34. The first-order chi connectivity index (χ1) is 16.4. The number of hydrogen-bond donors (Lipinski definition) is 0. The van der Waals surface area contributed by atoms with Crippen molar-refractivity contribution in [3.8, 4) is 34.2 Å². The van der Waals surface area contributed by atoms with E-state index in [9.17, 15) is 20.2 Å². The van der Waals surface area contributed by atoms with Crippen molar-refractivity contribution in [1.82, 2.24) is 4.98 Å². The molecular formula is C26H19N3O4S. The molecule has 34 heavy (non-hydrogen) atoms. The van der Waals surface area contributed by atoms with E-state index in [4.69, 9.17) is 4.74 Å². The molecule has 1 aromatic heterocycles. The van der Waals surface area contributed by atoms with E-state index >= 15 is 0 Å². The van der Waals surface area contributed by atoms with Crippen LogP contribution in [0, 0.1) is 28.4 Å². The van der Waals surface area contributed by atoms with Crippen LogP contribution in [0.15, 0.2) is 78.2 Å². The van der Waals surface area contributed by atoms with Crippen LogP contribution in [0.2, 0.25) is 0 Å². The topological polar surface area (TPSA) is 106 Å². The summed E-state index contributed by atoms with van der Waals surface area (Å²) >= 11 is 1.16. The first-order valence-corrected chi connectivity index (χ1v) is 11.2. The molecule has 1 atom stereocenters. The minimum Gasteiger partial charge on any atom is -0.486 e. The van der Waals surface area contributed by atoms with Gasteiger partial charge in [0.2, 0.25) is 0 Å². The number of nitriles is 1. The van der Waals surface area contributed by atoms with Gasteiger partial charge in [-0.05, 0) is 30.2 Å². The van der Waals surface area contributed by atoms with Gasteiger partial charge in [-0.1, -0.05) is 54.1 Å². The summed E-state index contributed by atoms with van der Waals surface area (Å²) in [6.45, 7) is 1.76. The summed E-state index contributed by atoms with van der Waals surface area (Å²) in [6.07, 6.45) is 0. The van der Waals surface area contributed by atoms with E-state index in [1.54, 1.807) is 29.6 Å². The van der Waals surface area contributed by atoms with Crippen LogP contribution < -0.4 is 4.74 Å². The number of ether oxygens (including phenoxy) is 1. The lowest BCUT2D eigenvalue weighted by Gasteiger charge is -2.09. The molecule has 7 nitrogen and oxygen atoms in total. The molecule has 0 saturated heterocycles. The van der Waals surface area contributed by atoms with Crippen molar-refractivity contribution in [3.05, 3.63) is 98.9 Å². The number of carbonyl (C=O) groups is 1. The predicted octanol–water partition coefficient (Wildman–Crippen LogP) is 5.95. The largest absolute Gasteiger partial charge is 0.486 e. The highest BCUT2D eigenvalue weighted by Crippen LogP contribution is 2.29. The maximum Gasteiger partial charge on any atom is 0.270 e. The maximum absolute atomic E-state index is 12.7. The number of thiazole rings is 1. The summed E-state index contributed by atoms with van der Waals surface area (Å²) in [5.41, 5.74) is 4.27. The van der Waals surface area contributed by atoms with Gasteiger partial charge in [-0.25, -0.2) is 4.98 Å². The molecule has 0 N–H and O–H groups in total. The highest BCUT2D eigenvalue weighted by molar-refractivity contribution is 7.10. The molecule has 3 aromatic carbocycles. The Morgan fingerprint density at radius 1 is 1.09 bits per heavy atom. The summed E-state index contributed by atoms with van der Waals surface area (Å²) < 4.78 is 5.62. The first-order valence-electron chi connectivity index (χ1n) is 10.4. The van der Waals surface area contributed by atoms with E-state index in [1.165, 1.54) is 17.7 Å². The van der Waals surface area contributed by atoms with Crippen LogP contribution in [0.3, 0.4) is 0 Å². The molecule has 1 heterocycles. The fourth-order valence-electron chi connectivity index (χ4n) is 3.32. The summed E-state index contributed by atoms with van der Waals surface area (Å²) in [5, 5.41) is 22.6. The molecule has 0 amide bonds. The second-order valence-electron chi connectivity index (χ2n) is 7.59. The average molecular weight is 470 g/mol. The van der Waals surface area contributed by atoms with Gasteiger partial charge in [-0.2, -0.15) is 5.26 Å². The number of ketones is 1. The third-order valence-corrected chi connectivity index (χ3v) is 6.10. The Morgan fingerprint density at radius 3 is 2.41 bits per heavy atom. The highest BCUT2D eigenvalue weighted by atomic mass is 32.1. The Labute approximate surface area is 200 Å². The van der Waals surface area contributed by atoms with Crippen molar-refractivity contribution in [2.45, 2.75) is 12.8 Å². The zero-order chi connectivity index (χ0) is 24.1. The van der Waals surface area contributed by atoms with E-state index in [1.807, 2.05) is 49.4 Å². The van der Waals surface area contributed by atoms with Gasteiger partial charge >= 0.3 is 0 Å². The van der Waals surface area contributed by atoms with Gasteiger partial charge in [0, 0.05) is 23.1 Å². The number of aromatic nitrogens is 1. The molecule has 0 aliphatic heterocycles. The molecule has 4 aromatic rings. The quantitative estimate of drug-likeness (QED) is 0.233. The summed E-state index contributed by atoms with van der Waals surface area (Å²) in [4.78, 5) is 27.6. The Morgan fingerprint density at radius 2 is 1.76 bits per heavy atom. The Balaban J connectivity index is 1.42. The lowest BCUT2D eigenvalue weighted by atomic mass is 10.0. The van der Waals surface area contributed by atoms with Crippen LogP contribution in [0.4, 0.5) is 5.69 Å². The zero-order valence-electron chi connectivity index (χ0n) is 18.2. The van der Waals surface area contributed by atoms with Crippen molar-refractivity contribution >= 4 is 22.8 Å². The number of rotatable bonds is 8. The van der Waals surface area contributed by atoms with Crippen LogP contribution >= 0.6 is 11.3 Å². The number of Topliss-reactive ketones (excluding diaryl/α,β-unsaturated/α-hetero) is 1. The standard InChI is InChI=1S/C26H19N3O4S/c1-17-5-7-18(8-6-17)19-9-11-22(12-10-19)33-15-25(30)23(14-27)26-28-24(16-34-26)20-3-2-4-21(13-20)29(31)32/h2-13,16,23H,15H2,1H3. The van der Waals surface area contributed by atoms with Gasteiger partial charge in [0.25, 0.3) is 5.69 Å². The van der Waals surface area contributed by atoms with Crippen LogP contribution in [-0.4, -0.2) is 22.3 Å². The van der Waals surface area contributed by atoms with Gasteiger partial charge in [-0.3, -0.25) is 14.9 Å². The fourth-order valence-corrected chi connectivity index (χ4v) is 4.22. The lowest BCUT2D eigenvalue weighted by molar-refractivity contribution is -0.384. The number of non-ortho nitro benzene ring substituents is 1. The van der Waals surface area contributed by atoms with Crippen molar-refractivity contribution in [2.75, 3.05) is 6.61 Å². The monoisotopic (exact) mass is 469 g/mol. The molecule has 8 heteroatoms. The van der Waals surface area contributed by atoms with Gasteiger partial charge in [0.05, 0.1) is 16.7 Å². The number of hydrogen-bond acceptors (Lipinski definition) is 7. The summed E-state index contributed by atoms with van der Waals surface area (Å²) in [5.74, 6) is -0.966. The molecule has 1 unspecified atom stereocenters. The van der Waals surface area contributed by atoms with E-state index < -0.39 is 16.6 Å². The number of nitrogens with zero attached hydrogens (tertiary/aromatic N) is 3. The molecule has 168 valence electrons. The zero-order valence-corrected chi connectivity index (χ0v) is 19.0. The molecule has 0 spiro atoms. The Bertz CT molecular complexity index is 1370. The molecular weight excluding hydrogens is 450 g/mol. The number of nitro groups is 1. The molecule has 4 rings (SSSR count). The lowest BCUT2D eigenvalue weighted by Crippen LogP contribution is -2.19. The number of carbonyl (C=O) groups excluding carboxylic acids is 1. The van der Waals surface area contributed by atoms with Gasteiger partial charge in [0.1, 0.15) is 17.4 Å². The van der Waals surface area contributed by atoms with Crippen molar-refractivity contribution in [1.29, 1.82) is 5.26 Å². The van der Waals surface area contributed by atoms with E-state index in [0.29, 0.717) is 22.0 Å². The highest BCUT2D eigenvalue weighted by Gasteiger charge is 2.24. The number of benzene rings is 3. The number of aryl methyl sites for hydroxylation is 1. The number of nitro benzene ring substituents is 1. The SMILES string of the molecule is Cc1ccc(-c2ccc(OCC(=O)C(C#N)c3nc(-c4cccc([N+](=O)[O-])c4)cs3)cc2)cc1. The smallest absolute Gasteiger partial charge is 0.270 e. The minimum atomic E-state index is -1.08. The van der Waals surface area contributed by atoms with Crippen LogP contribution in [0.5, 0.6) is 5.75 Å². The van der Waals surface area contributed by atoms with Crippen LogP contribution in [-0.2, 0) is 4.79 Å². The van der Waals surface area contributed by atoms with Crippen molar-refractivity contribution in [2.24, 2.45) is 0 Å². The fraction of sp³-hybridized carbons (Fsp3) is 0.115. The van der Waals surface area contributed by atoms with Gasteiger partial charge in [-0.15, -0.1) is 11.3 Å². The van der Waals surface area contributed by atoms with Gasteiger partial charge < -0.3 is 4.74 Å². The molecule has 0 fully saturated rings. The molecule has 0 saturated carbocycles. The van der Waals surface area contributed by atoms with Crippen molar-refractivity contribution < 1.29 is 14.5 Å². The summed E-state index contributed by atoms with van der Waals surface area (Å²) in [7, 11) is 0. The Kier molecular flexibility index (Phi) is 6.76. The first kappa shape index (κ1) is 22.8. The summed E-state index contributed by atoms with van der Waals surface area (Å²) in [6, 6.07) is 23.6. The normalized spacial score (nSPS) is 11.4. The van der Waals surface area contributed by atoms with Gasteiger partial charge in [0.15, 0.2) is 11.7 Å². The second kappa shape index (κ2) is 10.1. The molecule has 0 aliphatic rings. The molecule has 0 aliphatic carbocycles. The Hall–Kier alpha value is -4.35. The van der Waals surface area contributed by atoms with E-state index in [-0.39, 0.29) is 12.3 Å². The third-order valence-electron chi connectivity index (χ3n) is 5.19. The van der Waals surface area contributed by atoms with Crippen molar-refractivity contribution in [3.63, 3.8) is 0 Å². The third kappa shape index (κ3) is 5.17. The molecule has 0 bridgehead atoms. The predicted molar refractivity (Wildman–Crippen MR) is 130 cm³/mol. The van der Waals surface area contributed by atoms with Crippen LogP contribution in [0.1, 0.15) is 16.5 Å². The maximum atomic E-state index is 12.7. The second-order valence-corrected chi connectivity index (χ2v) is 8.48. The minimum absolute atomic E-state index is 0.0539.